The van der Waals surface area contributed by atoms with Crippen molar-refractivity contribution in [1.82, 2.24) is 4.98 Å². The predicted octanol–water partition coefficient (Wildman–Crippen LogP) is 1.80. The van der Waals surface area contributed by atoms with Crippen molar-refractivity contribution in [3.8, 4) is 0 Å². The minimum Gasteiger partial charge on any atom is -0.446 e. The lowest BCUT2D eigenvalue weighted by Gasteiger charge is -2.00. The number of aliphatic hydroxyl groups is 1. The van der Waals surface area contributed by atoms with E-state index < -0.39 is 0 Å². The Morgan fingerprint density at radius 3 is 2.62 bits per heavy atom. The van der Waals surface area contributed by atoms with Crippen molar-refractivity contribution in [2.75, 3.05) is 0 Å². The van der Waals surface area contributed by atoms with Gasteiger partial charge in [-0.05, 0) is 12.8 Å². The van der Waals surface area contributed by atoms with Gasteiger partial charge in [0.2, 0.25) is 0 Å². The average Bonchev–Trinajstić information content (AvgIpc) is 2.33. The molecule has 3 nitrogen and oxygen atoms in total. The zero-order valence-electron chi connectivity index (χ0n) is 8.45. The first-order valence-corrected chi connectivity index (χ1v) is 4.69. The van der Waals surface area contributed by atoms with Gasteiger partial charge in [-0.2, -0.15) is 0 Å². The molecule has 0 spiro atoms. The van der Waals surface area contributed by atoms with E-state index in [2.05, 4.69) is 18.8 Å². The fourth-order valence-corrected chi connectivity index (χ4v) is 1.18. The second kappa shape index (κ2) is 4.42. The van der Waals surface area contributed by atoms with E-state index in [4.69, 9.17) is 9.52 Å². The van der Waals surface area contributed by atoms with Crippen LogP contribution < -0.4 is 0 Å². The number of aliphatic hydroxyl groups excluding tert-OH is 1. The third-order valence-corrected chi connectivity index (χ3v) is 1.68. The Morgan fingerprint density at radius 2 is 2.08 bits per heavy atom. The molecule has 0 amide bonds. The maximum Gasteiger partial charge on any atom is 0.194 e. The van der Waals surface area contributed by atoms with Crippen LogP contribution in [0.25, 0.3) is 0 Å². The zero-order chi connectivity index (χ0) is 9.84. The van der Waals surface area contributed by atoms with Crippen LogP contribution in [-0.4, -0.2) is 16.2 Å². The molecule has 74 valence electrons. The number of oxazole rings is 1. The van der Waals surface area contributed by atoms with E-state index in [1.165, 1.54) is 0 Å². The molecule has 1 aromatic heterocycles. The first kappa shape index (κ1) is 10.3. The van der Waals surface area contributed by atoms with Crippen LogP contribution in [-0.2, 0) is 12.8 Å². The molecule has 0 aliphatic heterocycles. The topological polar surface area (TPSA) is 46.3 Å². The van der Waals surface area contributed by atoms with Crippen LogP contribution in [0.3, 0.4) is 0 Å². The lowest BCUT2D eigenvalue weighted by Crippen LogP contribution is -2.02. The molecule has 1 heterocycles. The molecule has 0 aliphatic carbocycles. The predicted molar refractivity (Wildman–Crippen MR) is 50.4 cm³/mol. The Morgan fingerprint density at radius 1 is 1.38 bits per heavy atom. The number of aromatic nitrogens is 1. The Kier molecular flexibility index (Phi) is 3.48. The molecule has 1 unspecified atom stereocenters. The summed E-state index contributed by atoms with van der Waals surface area (Å²) < 4.78 is 5.43. The zero-order valence-corrected chi connectivity index (χ0v) is 8.45. The molecule has 3 heteroatoms. The van der Waals surface area contributed by atoms with Gasteiger partial charge in [-0.3, -0.25) is 0 Å². The molecule has 1 rings (SSSR count). The maximum absolute atomic E-state index is 9.11. The van der Waals surface area contributed by atoms with Crippen LogP contribution in [0.4, 0.5) is 0 Å². The van der Waals surface area contributed by atoms with Crippen molar-refractivity contribution < 1.29 is 9.52 Å². The lowest BCUT2D eigenvalue weighted by atomic mass is 10.1. The van der Waals surface area contributed by atoms with Crippen molar-refractivity contribution in [2.24, 2.45) is 5.92 Å². The second-order valence-electron chi connectivity index (χ2n) is 3.87. The molecule has 0 aliphatic rings. The third-order valence-electron chi connectivity index (χ3n) is 1.68. The van der Waals surface area contributed by atoms with Gasteiger partial charge < -0.3 is 9.52 Å². The quantitative estimate of drug-likeness (QED) is 0.774. The van der Waals surface area contributed by atoms with Crippen LogP contribution >= 0.6 is 0 Å². The maximum atomic E-state index is 9.11. The van der Waals surface area contributed by atoms with E-state index in [9.17, 15) is 0 Å². The Hall–Kier alpha value is -0.830. The first-order chi connectivity index (χ1) is 6.08. The van der Waals surface area contributed by atoms with Crippen LogP contribution in [0.15, 0.2) is 10.6 Å². The van der Waals surface area contributed by atoms with Crippen LogP contribution in [0.2, 0.25) is 0 Å². The van der Waals surface area contributed by atoms with E-state index in [0.29, 0.717) is 12.3 Å². The second-order valence-corrected chi connectivity index (χ2v) is 3.87. The highest BCUT2D eigenvalue weighted by atomic mass is 16.4. The minimum absolute atomic E-state index is 0.361. The molecule has 0 saturated heterocycles. The van der Waals surface area contributed by atoms with Gasteiger partial charge in [-0.15, -0.1) is 0 Å². The fraction of sp³-hybridized carbons (Fsp3) is 0.700. The van der Waals surface area contributed by atoms with Crippen molar-refractivity contribution in [3.05, 3.63) is 17.8 Å². The van der Waals surface area contributed by atoms with Crippen molar-refractivity contribution in [2.45, 2.75) is 39.7 Å². The van der Waals surface area contributed by atoms with Crippen molar-refractivity contribution >= 4 is 0 Å². The van der Waals surface area contributed by atoms with E-state index in [-0.39, 0.29) is 6.10 Å². The molecule has 0 saturated carbocycles. The lowest BCUT2D eigenvalue weighted by molar-refractivity contribution is 0.186. The molecule has 1 atom stereocenters. The summed E-state index contributed by atoms with van der Waals surface area (Å²) in [5.41, 5.74) is 0. The third kappa shape index (κ3) is 3.59. The average molecular weight is 183 g/mol. The summed E-state index contributed by atoms with van der Waals surface area (Å²) in [6.07, 6.45) is 2.75. The van der Waals surface area contributed by atoms with Gasteiger partial charge in [-0.1, -0.05) is 13.8 Å². The molecular formula is C10H17NO2. The molecule has 0 radical (unpaired) electrons. The van der Waals surface area contributed by atoms with Gasteiger partial charge in [0.25, 0.3) is 0 Å². The molecule has 1 aromatic rings. The van der Waals surface area contributed by atoms with Gasteiger partial charge in [0.15, 0.2) is 5.89 Å². The summed E-state index contributed by atoms with van der Waals surface area (Å²) >= 11 is 0. The summed E-state index contributed by atoms with van der Waals surface area (Å²) in [6, 6.07) is 0. The summed E-state index contributed by atoms with van der Waals surface area (Å²) in [7, 11) is 0. The van der Waals surface area contributed by atoms with Crippen LogP contribution in [0.1, 0.15) is 32.4 Å². The standard InChI is InChI=1S/C10H17NO2/c1-7(2)4-10-11-6-9(13-10)5-8(3)12/h6-8,12H,4-5H2,1-3H3. The van der Waals surface area contributed by atoms with Gasteiger partial charge >= 0.3 is 0 Å². The normalized spacial score (nSPS) is 13.6. The van der Waals surface area contributed by atoms with E-state index >= 15 is 0 Å². The molecule has 0 bridgehead atoms. The molecule has 1 N–H and O–H groups in total. The first-order valence-electron chi connectivity index (χ1n) is 4.69. The van der Waals surface area contributed by atoms with Crippen molar-refractivity contribution in [1.29, 1.82) is 0 Å². The molecule has 0 aromatic carbocycles. The van der Waals surface area contributed by atoms with Crippen molar-refractivity contribution in [3.63, 3.8) is 0 Å². The molecule has 13 heavy (non-hydrogen) atoms. The van der Waals surface area contributed by atoms with Gasteiger partial charge in [0.1, 0.15) is 5.76 Å². The molecule has 0 fully saturated rings. The summed E-state index contributed by atoms with van der Waals surface area (Å²) in [5, 5.41) is 9.11. The smallest absolute Gasteiger partial charge is 0.194 e. The Bertz CT molecular complexity index is 229. The minimum atomic E-state index is -0.361. The monoisotopic (exact) mass is 183 g/mol. The van der Waals surface area contributed by atoms with Crippen LogP contribution in [0.5, 0.6) is 0 Å². The number of rotatable bonds is 4. The van der Waals surface area contributed by atoms with E-state index in [1.54, 1.807) is 13.1 Å². The summed E-state index contributed by atoms with van der Waals surface area (Å²) in [5.74, 6) is 2.09. The van der Waals surface area contributed by atoms with Gasteiger partial charge in [0.05, 0.1) is 12.3 Å². The Balaban J connectivity index is 2.53. The van der Waals surface area contributed by atoms with Crippen LogP contribution in [0, 0.1) is 5.92 Å². The largest absolute Gasteiger partial charge is 0.446 e. The SMILES string of the molecule is CC(C)Cc1ncc(CC(C)O)o1. The number of hydrogen-bond acceptors (Lipinski definition) is 3. The Labute approximate surface area is 78.8 Å². The van der Waals surface area contributed by atoms with Gasteiger partial charge in [0, 0.05) is 12.8 Å². The summed E-state index contributed by atoms with van der Waals surface area (Å²) in [4.78, 5) is 4.13. The van der Waals surface area contributed by atoms with E-state index in [1.807, 2.05) is 0 Å². The fourth-order valence-electron chi connectivity index (χ4n) is 1.18. The highest BCUT2D eigenvalue weighted by Gasteiger charge is 2.07. The van der Waals surface area contributed by atoms with Gasteiger partial charge in [-0.25, -0.2) is 4.98 Å². The highest BCUT2D eigenvalue weighted by molar-refractivity contribution is 4.95. The highest BCUT2D eigenvalue weighted by Crippen LogP contribution is 2.10. The number of nitrogens with zero attached hydrogens (tertiary/aromatic N) is 1. The summed E-state index contributed by atoms with van der Waals surface area (Å²) in [6.45, 7) is 5.99. The van der Waals surface area contributed by atoms with E-state index in [0.717, 1.165) is 18.1 Å². The molecular weight excluding hydrogens is 166 g/mol. The number of hydrogen-bond donors (Lipinski definition) is 1.